The molecule has 0 aromatic heterocycles. The minimum absolute atomic E-state index is 0.0534. The van der Waals surface area contributed by atoms with Crippen LogP contribution in [0.5, 0.6) is 0 Å². The zero-order valence-electron chi connectivity index (χ0n) is 15.5. The number of aliphatic imine (C=N–C) groups is 1. The number of benzene rings is 1. The van der Waals surface area contributed by atoms with Gasteiger partial charge in [-0.3, -0.25) is 9.79 Å². The van der Waals surface area contributed by atoms with Gasteiger partial charge in [-0.2, -0.15) is 0 Å². The maximum absolute atomic E-state index is 11.0. The molecule has 0 aliphatic heterocycles. The van der Waals surface area contributed by atoms with Gasteiger partial charge in [0.25, 0.3) is 0 Å². The monoisotopic (exact) mass is 346 g/mol. The van der Waals surface area contributed by atoms with Crippen molar-refractivity contribution in [2.24, 2.45) is 10.9 Å². The molecule has 2 rings (SSSR count). The van der Waals surface area contributed by atoms with Gasteiger partial charge in [-0.25, -0.2) is 0 Å². The molecule has 1 amide bonds. The SMILES string of the molecule is CN=C(NCCc1ccc(NC(C)=O)cc1)N(C)CCOCC1CC1. The number of nitrogens with one attached hydrogen (secondary N) is 2. The normalized spacial score (nSPS) is 14.3. The summed E-state index contributed by atoms with van der Waals surface area (Å²) in [5, 5.41) is 6.15. The van der Waals surface area contributed by atoms with Crippen molar-refractivity contribution in [2.75, 3.05) is 45.7 Å². The van der Waals surface area contributed by atoms with Gasteiger partial charge in [-0.05, 0) is 42.9 Å². The largest absolute Gasteiger partial charge is 0.379 e. The Labute approximate surface area is 150 Å². The highest BCUT2D eigenvalue weighted by atomic mass is 16.5. The van der Waals surface area contributed by atoms with Crippen LogP contribution in [0.15, 0.2) is 29.3 Å². The third kappa shape index (κ3) is 7.56. The maximum Gasteiger partial charge on any atom is 0.221 e. The summed E-state index contributed by atoms with van der Waals surface area (Å²) in [6, 6.07) is 7.92. The number of carbonyl (C=O) groups is 1. The van der Waals surface area contributed by atoms with Crippen LogP contribution >= 0.6 is 0 Å². The first-order chi connectivity index (χ1) is 12.1. The smallest absolute Gasteiger partial charge is 0.221 e. The van der Waals surface area contributed by atoms with E-state index < -0.39 is 0 Å². The zero-order chi connectivity index (χ0) is 18.1. The Morgan fingerprint density at radius 1 is 1.32 bits per heavy atom. The molecule has 6 nitrogen and oxygen atoms in total. The van der Waals surface area contributed by atoms with Crippen LogP contribution in [0.1, 0.15) is 25.3 Å². The lowest BCUT2D eigenvalue weighted by molar-refractivity contribution is -0.114. The Kier molecular flexibility index (Phi) is 7.73. The first kappa shape index (κ1) is 19.2. The number of guanidine groups is 1. The highest BCUT2D eigenvalue weighted by Gasteiger charge is 2.21. The number of likely N-dealkylation sites (N-methyl/N-ethyl adjacent to an activating group) is 1. The minimum Gasteiger partial charge on any atom is -0.379 e. The molecule has 0 heterocycles. The van der Waals surface area contributed by atoms with Crippen molar-refractivity contribution < 1.29 is 9.53 Å². The quantitative estimate of drug-likeness (QED) is 0.408. The van der Waals surface area contributed by atoms with Gasteiger partial charge in [0.2, 0.25) is 5.91 Å². The summed E-state index contributed by atoms with van der Waals surface area (Å²) >= 11 is 0. The summed E-state index contributed by atoms with van der Waals surface area (Å²) in [5.74, 6) is 1.63. The van der Waals surface area contributed by atoms with Crippen molar-refractivity contribution in [2.45, 2.75) is 26.2 Å². The Morgan fingerprint density at radius 2 is 2.04 bits per heavy atom. The number of anilines is 1. The molecule has 0 radical (unpaired) electrons. The van der Waals surface area contributed by atoms with Gasteiger partial charge in [0, 0.05) is 46.4 Å². The first-order valence-corrected chi connectivity index (χ1v) is 8.94. The molecule has 25 heavy (non-hydrogen) atoms. The van der Waals surface area contributed by atoms with Crippen LogP contribution in [0.2, 0.25) is 0 Å². The summed E-state index contributed by atoms with van der Waals surface area (Å²) < 4.78 is 5.68. The molecule has 138 valence electrons. The van der Waals surface area contributed by atoms with Crippen LogP contribution in [0.3, 0.4) is 0 Å². The van der Waals surface area contributed by atoms with Gasteiger partial charge < -0.3 is 20.3 Å². The topological polar surface area (TPSA) is 66.0 Å². The van der Waals surface area contributed by atoms with E-state index in [0.29, 0.717) is 0 Å². The highest BCUT2D eigenvalue weighted by molar-refractivity contribution is 5.88. The molecule has 0 saturated heterocycles. The summed E-state index contributed by atoms with van der Waals surface area (Å²) in [7, 11) is 3.82. The number of amides is 1. The highest BCUT2D eigenvalue weighted by Crippen LogP contribution is 2.28. The van der Waals surface area contributed by atoms with E-state index in [1.54, 1.807) is 7.05 Å². The molecule has 1 saturated carbocycles. The van der Waals surface area contributed by atoms with Crippen LogP contribution < -0.4 is 10.6 Å². The molecule has 2 N–H and O–H groups in total. The molecule has 1 aromatic rings. The van der Waals surface area contributed by atoms with Crippen LogP contribution in [-0.2, 0) is 16.0 Å². The van der Waals surface area contributed by atoms with Gasteiger partial charge in [-0.15, -0.1) is 0 Å². The lowest BCUT2D eigenvalue weighted by Crippen LogP contribution is -2.41. The average Bonchev–Trinajstić information content (AvgIpc) is 3.41. The Balaban J connectivity index is 1.66. The Hall–Kier alpha value is -2.08. The maximum atomic E-state index is 11.0. The van der Waals surface area contributed by atoms with Gasteiger partial charge in [0.05, 0.1) is 6.61 Å². The number of rotatable bonds is 9. The molecule has 1 aliphatic rings. The number of nitrogens with zero attached hydrogens (tertiary/aromatic N) is 2. The fourth-order valence-electron chi connectivity index (χ4n) is 2.50. The van der Waals surface area contributed by atoms with Gasteiger partial charge >= 0.3 is 0 Å². The lowest BCUT2D eigenvalue weighted by Gasteiger charge is -2.22. The minimum atomic E-state index is -0.0534. The second kappa shape index (κ2) is 10.0. The van der Waals surface area contributed by atoms with E-state index in [4.69, 9.17) is 4.74 Å². The van der Waals surface area contributed by atoms with E-state index in [2.05, 4.69) is 20.5 Å². The van der Waals surface area contributed by atoms with Crippen molar-refractivity contribution in [3.05, 3.63) is 29.8 Å². The molecule has 6 heteroatoms. The van der Waals surface area contributed by atoms with Crippen molar-refractivity contribution in [3.63, 3.8) is 0 Å². The number of hydrogen-bond donors (Lipinski definition) is 2. The van der Waals surface area contributed by atoms with Crippen molar-refractivity contribution in [3.8, 4) is 0 Å². The summed E-state index contributed by atoms with van der Waals surface area (Å²) in [4.78, 5) is 17.4. The lowest BCUT2D eigenvalue weighted by atomic mass is 10.1. The van der Waals surface area contributed by atoms with E-state index in [0.717, 1.165) is 50.3 Å². The first-order valence-electron chi connectivity index (χ1n) is 8.94. The van der Waals surface area contributed by atoms with E-state index in [1.807, 2.05) is 31.3 Å². The molecule has 0 spiro atoms. The molecule has 1 fully saturated rings. The average molecular weight is 346 g/mol. The fourth-order valence-corrected chi connectivity index (χ4v) is 2.50. The molecule has 0 bridgehead atoms. The Morgan fingerprint density at radius 3 is 2.64 bits per heavy atom. The molecule has 1 aliphatic carbocycles. The third-order valence-corrected chi connectivity index (χ3v) is 4.17. The number of carbonyl (C=O) groups excluding carboxylic acids is 1. The van der Waals surface area contributed by atoms with E-state index in [1.165, 1.54) is 25.3 Å². The number of hydrogen-bond acceptors (Lipinski definition) is 3. The third-order valence-electron chi connectivity index (χ3n) is 4.17. The van der Waals surface area contributed by atoms with Gasteiger partial charge in [0.15, 0.2) is 5.96 Å². The molecule has 0 unspecified atom stereocenters. The molecule has 0 atom stereocenters. The summed E-state index contributed by atoms with van der Waals surface area (Å²) in [6.45, 7) is 4.78. The van der Waals surface area contributed by atoms with Crippen molar-refractivity contribution in [1.29, 1.82) is 0 Å². The van der Waals surface area contributed by atoms with E-state index in [9.17, 15) is 4.79 Å². The Bertz CT molecular complexity index is 567. The second-order valence-electron chi connectivity index (χ2n) is 6.54. The predicted molar refractivity (Wildman–Crippen MR) is 102 cm³/mol. The van der Waals surface area contributed by atoms with Crippen LogP contribution in [-0.4, -0.2) is 57.2 Å². The number of ether oxygens (including phenoxy) is 1. The predicted octanol–water partition coefficient (Wildman–Crippen LogP) is 2.12. The summed E-state index contributed by atoms with van der Waals surface area (Å²) in [6.07, 6.45) is 3.54. The second-order valence-corrected chi connectivity index (χ2v) is 6.54. The van der Waals surface area contributed by atoms with Crippen molar-refractivity contribution >= 4 is 17.6 Å². The van der Waals surface area contributed by atoms with E-state index in [-0.39, 0.29) is 5.91 Å². The molecular weight excluding hydrogens is 316 g/mol. The molecule has 1 aromatic carbocycles. The van der Waals surface area contributed by atoms with Gasteiger partial charge in [0.1, 0.15) is 0 Å². The molecular formula is C19H30N4O2. The van der Waals surface area contributed by atoms with Crippen LogP contribution in [0.25, 0.3) is 0 Å². The summed E-state index contributed by atoms with van der Waals surface area (Å²) in [5.41, 5.74) is 2.04. The van der Waals surface area contributed by atoms with E-state index >= 15 is 0 Å². The zero-order valence-corrected chi connectivity index (χ0v) is 15.5. The van der Waals surface area contributed by atoms with Gasteiger partial charge in [-0.1, -0.05) is 12.1 Å². The fraction of sp³-hybridized carbons (Fsp3) is 0.579. The van der Waals surface area contributed by atoms with Crippen molar-refractivity contribution in [1.82, 2.24) is 10.2 Å². The van der Waals surface area contributed by atoms with Crippen LogP contribution in [0.4, 0.5) is 5.69 Å². The standard InChI is InChI=1S/C19H30N4O2/c1-15(24)22-18-8-6-16(7-9-18)10-11-21-19(20-2)23(3)12-13-25-14-17-4-5-17/h6-9,17H,4-5,10-14H2,1-3H3,(H,20,21)(H,22,24). The van der Waals surface area contributed by atoms with Crippen LogP contribution in [0, 0.1) is 5.92 Å².